The first-order valence-corrected chi connectivity index (χ1v) is 10.0. The van der Waals surface area contributed by atoms with Crippen molar-refractivity contribution in [3.8, 4) is 17.2 Å². The molecule has 1 aliphatic rings. The van der Waals surface area contributed by atoms with Gasteiger partial charge in [0, 0.05) is 24.6 Å². The molecule has 0 bridgehead atoms. The molecule has 29 heavy (non-hydrogen) atoms. The maximum Gasteiger partial charge on any atom is 0.234 e. The van der Waals surface area contributed by atoms with Gasteiger partial charge in [-0.3, -0.25) is 9.36 Å². The first kappa shape index (κ1) is 19.3. The second kappa shape index (κ2) is 8.97. The average Bonchev–Trinajstić information content (AvgIpc) is 3.15. The van der Waals surface area contributed by atoms with Crippen LogP contribution in [-0.4, -0.2) is 46.7 Å². The van der Waals surface area contributed by atoms with E-state index in [1.165, 1.54) is 11.8 Å². The first-order chi connectivity index (χ1) is 14.2. The van der Waals surface area contributed by atoms with Crippen LogP contribution in [0.2, 0.25) is 0 Å². The largest absolute Gasteiger partial charge is 0.486 e. The van der Waals surface area contributed by atoms with Gasteiger partial charge in [-0.1, -0.05) is 30.0 Å². The molecule has 3 aromatic rings. The van der Waals surface area contributed by atoms with Crippen LogP contribution in [0.4, 0.5) is 5.69 Å². The summed E-state index contributed by atoms with van der Waals surface area (Å²) in [5.41, 5.74) is 1.57. The van der Waals surface area contributed by atoms with Gasteiger partial charge in [0.25, 0.3) is 0 Å². The Hall–Kier alpha value is -3.04. The minimum absolute atomic E-state index is 0.150. The zero-order valence-electron chi connectivity index (χ0n) is 15.8. The molecule has 8 nitrogen and oxygen atoms in total. The number of nitrogens with zero attached hydrogens (tertiary/aromatic N) is 3. The van der Waals surface area contributed by atoms with Crippen molar-refractivity contribution < 1.29 is 19.0 Å². The van der Waals surface area contributed by atoms with E-state index in [1.54, 1.807) is 25.3 Å². The van der Waals surface area contributed by atoms with Crippen LogP contribution in [0, 0.1) is 0 Å². The topological polar surface area (TPSA) is 87.5 Å². The Morgan fingerprint density at radius 2 is 1.93 bits per heavy atom. The van der Waals surface area contributed by atoms with Crippen LogP contribution in [-0.2, 0) is 16.1 Å². The fourth-order valence-corrected chi connectivity index (χ4v) is 3.67. The summed E-state index contributed by atoms with van der Waals surface area (Å²) in [5, 5.41) is 11.9. The molecule has 1 aliphatic heterocycles. The lowest BCUT2D eigenvalue weighted by Crippen LogP contribution is -2.17. The molecule has 1 aromatic heterocycles. The van der Waals surface area contributed by atoms with Crippen LogP contribution in [0.25, 0.3) is 5.69 Å². The van der Waals surface area contributed by atoms with Gasteiger partial charge in [-0.15, -0.1) is 10.2 Å². The maximum absolute atomic E-state index is 12.4. The van der Waals surface area contributed by atoms with Gasteiger partial charge in [-0.2, -0.15) is 0 Å². The van der Waals surface area contributed by atoms with Crippen molar-refractivity contribution in [1.29, 1.82) is 0 Å². The first-order valence-electron chi connectivity index (χ1n) is 9.05. The number of thioether (sulfide) groups is 1. The van der Waals surface area contributed by atoms with Crippen LogP contribution in [0.15, 0.2) is 53.7 Å². The number of methoxy groups -OCH3 is 1. The summed E-state index contributed by atoms with van der Waals surface area (Å²) in [6.07, 6.45) is 0. The molecule has 0 spiro atoms. The Balaban J connectivity index is 1.44. The molecule has 0 radical (unpaired) electrons. The summed E-state index contributed by atoms with van der Waals surface area (Å²) in [6.45, 7) is 1.35. The number of anilines is 1. The number of carbonyl (C=O) groups is 1. The Kier molecular flexibility index (Phi) is 5.97. The van der Waals surface area contributed by atoms with E-state index in [9.17, 15) is 4.79 Å². The molecular formula is C20H20N4O4S. The highest BCUT2D eigenvalue weighted by molar-refractivity contribution is 7.99. The number of hydrogen-bond donors (Lipinski definition) is 1. The van der Waals surface area contributed by atoms with E-state index in [0.717, 1.165) is 5.69 Å². The van der Waals surface area contributed by atoms with Crippen molar-refractivity contribution in [3.05, 3.63) is 54.4 Å². The molecule has 0 unspecified atom stereocenters. The molecule has 0 saturated heterocycles. The predicted molar refractivity (Wildman–Crippen MR) is 109 cm³/mol. The van der Waals surface area contributed by atoms with E-state index in [-0.39, 0.29) is 11.7 Å². The molecule has 1 amide bonds. The van der Waals surface area contributed by atoms with Crippen LogP contribution >= 0.6 is 11.8 Å². The number of amides is 1. The molecule has 0 fully saturated rings. The number of aromatic nitrogens is 3. The Morgan fingerprint density at radius 1 is 1.14 bits per heavy atom. The highest BCUT2D eigenvalue weighted by Crippen LogP contribution is 2.32. The summed E-state index contributed by atoms with van der Waals surface area (Å²) in [6, 6.07) is 15.1. The third-order valence-electron chi connectivity index (χ3n) is 4.15. The standard InChI is InChI=1S/C20H20N4O4S/c1-26-12-18-22-23-20(24(18)15-5-3-2-4-6-15)29-13-19(25)21-14-7-8-16-17(11-14)28-10-9-27-16/h2-8,11H,9-10,12-13H2,1H3,(H,21,25). The second-order valence-corrected chi connectivity index (χ2v) is 7.14. The number of nitrogens with one attached hydrogen (secondary N) is 1. The van der Waals surface area contributed by atoms with Crippen LogP contribution in [0.1, 0.15) is 5.82 Å². The van der Waals surface area contributed by atoms with Gasteiger partial charge in [0.1, 0.15) is 19.8 Å². The van der Waals surface area contributed by atoms with Gasteiger partial charge in [0.05, 0.1) is 5.75 Å². The molecule has 2 aromatic carbocycles. The zero-order valence-corrected chi connectivity index (χ0v) is 16.6. The van der Waals surface area contributed by atoms with Gasteiger partial charge >= 0.3 is 0 Å². The van der Waals surface area contributed by atoms with Crippen molar-refractivity contribution in [2.75, 3.05) is 31.4 Å². The summed E-state index contributed by atoms with van der Waals surface area (Å²) in [7, 11) is 1.61. The quantitative estimate of drug-likeness (QED) is 0.597. The van der Waals surface area contributed by atoms with Crippen LogP contribution in [0.3, 0.4) is 0 Å². The number of ether oxygens (including phenoxy) is 3. The van der Waals surface area contributed by atoms with Crippen molar-refractivity contribution in [3.63, 3.8) is 0 Å². The minimum atomic E-state index is -0.150. The van der Waals surface area contributed by atoms with Crippen molar-refractivity contribution in [1.82, 2.24) is 14.8 Å². The molecule has 9 heteroatoms. The Morgan fingerprint density at radius 3 is 2.72 bits per heavy atom. The molecule has 150 valence electrons. The smallest absolute Gasteiger partial charge is 0.234 e. The molecular weight excluding hydrogens is 392 g/mol. The highest BCUT2D eigenvalue weighted by Gasteiger charge is 2.17. The van der Waals surface area contributed by atoms with Gasteiger partial charge in [-0.05, 0) is 24.3 Å². The SMILES string of the molecule is COCc1nnc(SCC(=O)Nc2ccc3c(c2)OCCO3)n1-c1ccccc1. The fourth-order valence-electron chi connectivity index (χ4n) is 2.90. The summed E-state index contributed by atoms with van der Waals surface area (Å²) in [5.74, 6) is 2.03. The lowest BCUT2D eigenvalue weighted by atomic mass is 10.2. The molecule has 4 rings (SSSR count). The fraction of sp³-hybridized carbons (Fsp3) is 0.250. The Labute approximate surface area is 172 Å². The molecule has 0 saturated carbocycles. The zero-order chi connectivity index (χ0) is 20.1. The lowest BCUT2D eigenvalue weighted by molar-refractivity contribution is -0.113. The average molecular weight is 412 g/mol. The number of para-hydroxylation sites is 1. The number of benzene rings is 2. The highest BCUT2D eigenvalue weighted by atomic mass is 32.2. The number of carbonyl (C=O) groups excluding carboxylic acids is 1. The summed E-state index contributed by atoms with van der Waals surface area (Å²) >= 11 is 1.31. The normalized spacial score (nSPS) is 12.6. The van der Waals surface area contributed by atoms with Crippen LogP contribution < -0.4 is 14.8 Å². The van der Waals surface area contributed by atoms with E-state index in [0.29, 0.717) is 48.0 Å². The van der Waals surface area contributed by atoms with Gasteiger partial charge in [-0.25, -0.2) is 0 Å². The van der Waals surface area contributed by atoms with Gasteiger partial charge < -0.3 is 19.5 Å². The van der Waals surface area contributed by atoms with Gasteiger partial charge in [0.15, 0.2) is 22.5 Å². The monoisotopic (exact) mass is 412 g/mol. The molecule has 1 N–H and O–H groups in total. The third kappa shape index (κ3) is 4.52. The van der Waals surface area contributed by atoms with E-state index in [1.807, 2.05) is 34.9 Å². The van der Waals surface area contributed by atoms with Crippen molar-refractivity contribution >= 4 is 23.4 Å². The van der Waals surface area contributed by atoms with Crippen molar-refractivity contribution in [2.24, 2.45) is 0 Å². The summed E-state index contributed by atoms with van der Waals surface area (Å²) < 4.78 is 18.2. The molecule has 2 heterocycles. The van der Waals surface area contributed by atoms with E-state index in [2.05, 4.69) is 15.5 Å². The van der Waals surface area contributed by atoms with E-state index >= 15 is 0 Å². The maximum atomic E-state index is 12.4. The number of hydrogen-bond acceptors (Lipinski definition) is 7. The van der Waals surface area contributed by atoms with Gasteiger partial charge in [0.2, 0.25) is 5.91 Å². The Bertz CT molecular complexity index is 993. The van der Waals surface area contributed by atoms with E-state index < -0.39 is 0 Å². The third-order valence-corrected chi connectivity index (χ3v) is 5.08. The number of fused-ring (bicyclic) bond motifs is 1. The molecule has 0 atom stereocenters. The van der Waals surface area contributed by atoms with Crippen molar-refractivity contribution in [2.45, 2.75) is 11.8 Å². The van der Waals surface area contributed by atoms with Crippen LogP contribution in [0.5, 0.6) is 11.5 Å². The minimum Gasteiger partial charge on any atom is -0.486 e. The molecule has 0 aliphatic carbocycles. The number of rotatable bonds is 7. The summed E-state index contributed by atoms with van der Waals surface area (Å²) in [4.78, 5) is 12.4. The predicted octanol–water partition coefficient (Wildman–Crippen LogP) is 2.92. The second-order valence-electron chi connectivity index (χ2n) is 6.20. The van der Waals surface area contributed by atoms with E-state index in [4.69, 9.17) is 14.2 Å². The lowest BCUT2D eigenvalue weighted by Gasteiger charge is -2.19.